The molecule has 3 aromatic rings. The van der Waals surface area contributed by atoms with E-state index >= 15 is 0 Å². The van der Waals surface area contributed by atoms with Gasteiger partial charge in [-0.05, 0) is 53.9 Å². The van der Waals surface area contributed by atoms with Gasteiger partial charge in [-0.15, -0.1) is 0 Å². The van der Waals surface area contributed by atoms with Crippen LogP contribution >= 0.6 is 15.9 Å². The van der Waals surface area contributed by atoms with E-state index in [1.165, 1.54) is 17.0 Å². The van der Waals surface area contributed by atoms with E-state index in [4.69, 9.17) is 4.42 Å². The van der Waals surface area contributed by atoms with Crippen LogP contribution in [0.3, 0.4) is 0 Å². The number of nitrogens with one attached hydrogen (secondary N) is 2. The van der Waals surface area contributed by atoms with E-state index in [1.54, 1.807) is 6.07 Å². The van der Waals surface area contributed by atoms with Crippen molar-refractivity contribution in [2.75, 3.05) is 30.3 Å². The first-order valence-corrected chi connectivity index (χ1v) is 11.4. The first-order chi connectivity index (χ1) is 15.8. The quantitative estimate of drug-likeness (QED) is 0.203. The van der Waals surface area contributed by atoms with Gasteiger partial charge in [0.05, 0.1) is 21.8 Å². The minimum Gasteiger partial charge on any atom is -0.505 e. The monoisotopic (exact) mass is 517 g/mol. The molecule has 1 aromatic heterocycles. The summed E-state index contributed by atoms with van der Waals surface area (Å²) in [6, 6.07) is 6.47. The summed E-state index contributed by atoms with van der Waals surface area (Å²) in [7, 11) is 0. The van der Waals surface area contributed by atoms with E-state index in [1.807, 2.05) is 13.0 Å². The number of rotatable bonds is 8. The van der Waals surface area contributed by atoms with Gasteiger partial charge in [0.25, 0.3) is 16.8 Å². The molecule has 1 aliphatic heterocycles. The summed E-state index contributed by atoms with van der Waals surface area (Å²) in [6.45, 7) is 2.91. The molecule has 1 saturated heterocycles. The van der Waals surface area contributed by atoms with Crippen LogP contribution in [0.2, 0.25) is 0 Å². The molecular formula is C23H24BrN3O6. The van der Waals surface area contributed by atoms with E-state index in [-0.39, 0.29) is 34.9 Å². The van der Waals surface area contributed by atoms with Gasteiger partial charge in [-0.25, -0.2) is 0 Å². The molecule has 4 rings (SSSR count). The highest BCUT2D eigenvalue weighted by atomic mass is 79.9. The predicted molar refractivity (Wildman–Crippen MR) is 127 cm³/mol. The number of aliphatic hydroxyl groups excluding tert-OH is 1. The molecule has 2 aromatic carbocycles. The Morgan fingerprint density at radius 3 is 2.70 bits per heavy atom. The molecule has 0 bridgehead atoms. The lowest BCUT2D eigenvalue weighted by molar-refractivity contribution is 0.0762. The number of phenols is 1. The zero-order chi connectivity index (χ0) is 23.7. The highest BCUT2D eigenvalue weighted by Crippen LogP contribution is 2.32. The second-order valence-electron chi connectivity index (χ2n) is 8.08. The van der Waals surface area contributed by atoms with Crippen molar-refractivity contribution in [3.8, 4) is 5.75 Å². The fourth-order valence-electron chi connectivity index (χ4n) is 3.84. The molecule has 1 fully saturated rings. The van der Waals surface area contributed by atoms with Crippen molar-refractivity contribution in [3.05, 3.63) is 66.3 Å². The van der Waals surface area contributed by atoms with Crippen molar-refractivity contribution in [2.45, 2.75) is 32.3 Å². The number of likely N-dealkylation sites (tertiary alicyclic amines) is 1. The summed E-state index contributed by atoms with van der Waals surface area (Å²) in [5.41, 5.74) is -0.925. The van der Waals surface area contributed by atoms with Crippen molar-refractivity contribution in [1.82, 2.24) is 4.90 Å². The number of para-hydroxylation sites is 1. The van der Waals surface area contributed by atoms with Gasteiger partial charge in [-0.1, -0.05) is 6.07 Å². The van der Waals surface area contributed by atoms with E-state index in [2.05, 4.69) is 26.6 Å². The molecule has 0 saturated carbocycles. The number of β-amino-alcohol motifs (C(OH)–C–C–N with tert-alkyl or cyclic N) is 1. The van der Waals surface area contributed by atoms with Gasteiger partial charge >= 0.3 is 0 Å². The minimum atomic E-state index is -0.693. The number of hydrogen-bond acceptors (Lipinski definition) is 8. The van der Waals surface area contributed by atoms with Crippen molar-refractivity contribution in [1.29, 1.82) is 0 Å². The number of aliphatic hydroxyl groups is 1. The summed E-state index contributed by atoms with van der Waals surface area (Å²) in [6.07, 6.45) is 1.25. The van der Waals surface area contributed by atoms with E-state index in [0.717, 1.165) is 16.0 Å². The Hall–Kier alpha value is -3.11. The number of furan rings is 1. The molecular weight excluding hydrogens is 494 g/mol. The number of nitrogens with zero attached hydrogens (tertiary/aromatic N) is 1. The maximum Gasteiger partial charge on any atom is 0.257 e. The molecule has 0 radical (unpaired) electrons. The Balaban J connectivity index is 1.42. The van der Waals surface area contributed by atoms with E-state index in [9.17, 15) is 24.6 Å². The maximum absolute atomic E-state index is 12.7. The lowest BCUT2D eigenvalue weighted by atomic mass is 10.1. The number of halogens is 1. The number of carbonyl (C=O) groups excluding carboxylic acids is 1. The number of aryl methyl sites for hydroxylation is 2. The van der Waals surface area contributed by atoms with Crippen LogP contribution in [0.25, 0.3) is 0 Å². The number of amides is 1. The third-order valence-corrected chi connectivity index (χ3v) is 6.48. The summed E-state index contributed by atoms with van der Waals surface area (Å²) >= 11 is 3.40. The van der Waals surface area contributed by atoms with Crippen molar-refractivity contribution >= 4 is 38.9 Å². The van der Waals surface area contributed by atoms with Crippen LogP contribution in [-0.2, 0) is 6.42 Å². The van der Waals surface area contributed by atoms with Gasteiger partial charge in [-0.2, -0.15) is 0 Å². The Bertz CT molecular complexity index is 1240. The summed E-state index contributed by atoms with van der Waals surface area (Å²) in [4.78, 5) is 38.4. The molecule has 0 spiro atoms. The smallest absolute Gasteiger partial charge is 0.257 e. The van der Waals surface area contributed by atoms with Crippen LogP contribution in [0.5, 0.6) is 5.75 Å². The highest BCUT2D eigenvalue weighted by Gasteiger charge is 2.28. The largest absolute Gasteiger partial charge is 0.505 e. The zero-order valence-corrected chi connectivity index (χ0v) is 19.6. The average molecular weight is 518 g/mol. The number of anilines is 3. The van der Waals surface area contributed by atoms with Gasteiger partial charge < -0.3 is 30.2 Å². The Kier molecular flexibility index (Phi) is 6.57. The summed E-state index contributed by atoms with van der Waals surface area (Å²) in [5.74, 6) is 0.896. The van der Waals surface area contributed by atoms with Gasteiger partial charge in [0.2, 0.25) is 0 Å². The van der Waals surface area contributed by atoms with Crippen molar-refractivity contribution in [3.63, 3.8) is 0 Å². The molecule has 0 unspecified atom stereocenters. The first-order valence-electron chi connectivity index (χ1n) is 10.6. The van der Waals surface area contributed by atoms with Gasteiger partial charge in [0.1, 0.15) is 22.9 Å². The molecule has 9 nitrogen and oxygen atoms in total. The molecule has 174 valence electrons. The van der Waals surface area contributed by atoms with Crippen molar-refractivity contribution in [2.24, 2.45) is 0 Å². The second-order valence-corrected chi connectivity index (χ2v) is 8.93. The van der Waals surface area contributed by atoms with Crippen molar-refractivity contribution < 1.29 is 19.4 Å². The van der Waals surface area contributed by atoms with E-state index in [0.29, 0.717) is 32.4 Å². The minimum absolute atomic E-state index is 0.0491. The number of hydrogen-bond donors (Lipinski definition) is 4. The highest BCUT2D eigenvalue weighted by molar-refractivity contribution is 9.10. The SMILES string of the molecule is Cc1oc(CCCNc2c(Nc3cccc(C(=O)N4CC[C@@H](O)C4)c3O)c(=O)c2=O)cc1Br. The number of benzene rings is 1. The van der Waals surface area contributed by atoms with Crippen LogP contribution in [0, 0.1) is 6.92 Å². The topological polar surface area (TPSA) is 132 Å². The van der Waals surface area contributed by atoms with Crippen LogP contribution in [-0.4, -0.2) is 46.8 Å². The Labute approximate surface area is 197 Å². The molecule has 4 N–H and O–H groups in total. The zero-order valence-electron chi connectivity index (χ0n) is 18.0. The standard InChI is InChI=1S/C23H24BrN3O6/c1-12-16(24)10-14(33-12)4-3-8-25-18-19(22(31)21(18)30)26-17-6-2-5-15(20(17)29)23(32)27-9-7-13(28)11-27/h2,5-6,10,13,25-26,28-29H,3-4,7-9,11H2,1H3/t13-/m1/s1. The Morgan fingerprint density at radius 1 is 1.27 bits per heavy atom. The third-order valence-electron chi connectivity index (χ3n) is 5.70. The molecule has 2 heterocycles. The summed E-state index contributed by atoms with van der Waals surface area (Å²) < 4.78 is 6.50. The van der Waals surface area contributed by atoms with Gasteiger partial charge in [0.15, 0.2) is 5.75 Å². The third kappa shape index (κ3) is 4.67. The number of carbonyl (C=O) groups is 1. The lowest BCUT2D eigenvalue weighted by Crippen LogP contribution is -2.37. The normalized spacial score (nSPS) is 15.8. The molecule has 10 heteroatoms. The second kappa shape index (κ2) is 9.40. The Morgan fingerprint density at radius 2 is 2.03 bits per heavy atom. The van der Waals surface area contributed by atoms with E-state index < -0.39 is 22.9 Å². The fraction of sp³-hybridized carbons (Fsp3) is 0.348. The molecule has 33 heavy (non-hydrogen) atoms. The predicted octanol–water partition coefficient (Wildman–Crippen LogP) is 2.65. The first kappa shape index (κ1) is 23.1. The fourth-order valence-corrected chi connectivity index (χ4v) is 4.18. The van der Waals surface area contributed by atoms with Crippen LogP contribution in [0.1, 0.15) is 34.7 Å². The summed E-state index contributed by atoms with van der Waals surface area (Å²) in [5, 5.41) is 26.1. The molecule has 1 amide bonds. The van der Waals surface area contributed by atoms with Crippen LogP contribution < -0.4 is 21.5 Å². The number of aromatic hydroxyl groups is 1. The van der Waals surface area contributed by atoms with Gasteiger partial charge in [0, 0.05) is 26.1 Å². The lowest BCUT2D eigenvalue weighted by Gasteiger charge is -2.19. The average Bonchev–Trinajstić information content (AvgIpc) is 3.37. The van der Waals surface area contributed by atoms with Gasteiger partial charge in [-0.3, -0.25) is 14.4 Å². The number of phenolic OH excluding ortho intramolecular Hbond substituents is 1. The molecule has 0 aliphatic carbocycles. The maximum atomic E-state index is 12.7. The van der Waals surface area contributed by atoms with Crippen LogP contribution in [0.15, 0.2) is 42.7 Å². The molecule has 1 aliphatic rings. The molecule has 1 atom stereocenters. The van der Waals surface area contributed by atoms with Crippen LogP contribution in [0.4, 0.5) is 17.1 Å².